The molecule has 1 aromatic heterocycles. The van der Waals surface area contributed by atoms with E-state index < -0.39 is 0 Å². The maximum atomic E-state index is 12.9. The van der Waals surface area contributed by atoms with Crippen molar-refractivity contribution in [2.75, 3.05) is 32.8 Å². The summed E-state index contributed by atoms with van der Waals surface area (Å²) < 4.78 is 7.46. The number of nitrogens with zero attached hydrogens (tertiary/aromatic N) is 3. The zero-order chi connectivity index (χ0) is 26.9. The summed E-state index contributed by atoms with van der Waals surface area (Å²) in [6.07, 6.45) is 4.02. The standard InChI is InChI=1S/C32H36N4O3/c37-31(23-25-14-16-27(17-15-25)26-9-3-1-4-10-26)33-18-8-2-5-13-30-34-28-11-6-7-12-29(28)36(30)24-32(38)35-19-21-39-22-20-35/h1,3-4,6-7,9-12,14-17H,2,5,8,13,18-24H2,(H,33,37). The average Bonchev–Trinajstić information content (AvgIpc) is 3.33. The van der Waals surface area contributed by atoms with Crippen LogP contribution in [0.5, 0.6) is 0 Å². The Morgan fingerprint density at radius 1 is 0.821 bits per heavy atom. The van der Waals surface area contributed by atoms with Crippen molar-refractivity contribution >= 4 is 22.8 Å². The normalized spacial score (nSPS) is 13.5. The molecule has 1 aliphatic heterocycles. The molecule has 0 unspecified atom stereocenters. The zero-order valence-electron chi connectivity index (χ0n) is 22.4. The Morgan fingerprint density at radius 2 is 1.54 bits per heavy atom. The predicted octanol–water partition coefficient (Wildman–Crippen LogP) is 4.63. The van der Waals surface area contributed by atoms with Crippen molar-refractivity contribution in [1.82, 2.24) is 19.8 Å². The van der Waals surface area contributed by atoms with Crippen molar-refractivity contribution in [3.63, 3.8) is 0 Å². The fourth-order valence-corrected chi connectivity index (χ4v) is 5.05. The number of aryl methyl sites for hydroxylation is 1. The van der Waals surface area contributed by atoms with Gasteiger partial charge < -0.3 is 19.5 Å². The van der Waals surface area contributed by atoms with Gasteiger partial charge in [0, 0.05) is 26.1 Å². The third-order valence-electron chi connectivity index (χ3n) is 7.22. The van der Waals surface area contributed by atoms with Gasteiger partial charge in [0.2, 0.25) is 11.8 Å². The molecule has 202 valence electrons. The van der Waals surface area contributed by atoms with Crippen LogP contribution in [0.3, 0.4) is 0 Å². The third kappa shape index (κ3) is 7.12. The second-order valence-corrected chi connectivity index (χ2v) is 10.00. The zero-order valence-corrected chi connectivity index (χ0v) is 22.4. The summed E-state index contributed by atoms with van der Waals surface area (Å²) >= 11 is 0. The number of benzene rings is 3. The molecular formula is C32H36N4O3. The summed E-state index contributed by atoms with van der Waals surface area (Å²) in [5, 5.41) is 3.05. The second kappa shape index (κ2) is 13.2. The molecule has 3 aromatic carbocycles. The Hall–Kier alpha value is -3.97. The van der Waals surface area contributed by atoms with E-state index in [0.717, 1.165) is 53.7 Å². The number of hydrogen-bond acceptors (Lipinski definition) is 4. The van der Waals surface area contributed by atoms with E-state index in [1.165, 1.54) is 5.56 Å². The molecule has 2 heterocycles. The first-order chi connectivity index (χ1) is 19.2. The summed E-state index contributed by atoms with van der Waals surface area (Å²) in [5.41, 5.74) is 5.26. The van der Waals surface area contributed by atoms with Gasteiger partial charge in [-0.25, -0.2) is 4.98 Å². The number of fused-ring (bicyclic) bond motifs is 1. The van der Waals surface area contributed by atoms with E-state index in [4.69, 9.17) is 9.72 Å². The highest BCUT2D eigenvalue weighted by Crippen LogP contribution is 2.20. The number of amides is 2. The number of hydrogen-bond donors (Lipinski definition) is 1. The van der Waals surface area contributed by atoms with Gasteiger partial charge in [-0.15, -0.1) is 0 Å². The third-order valence-corrected chi connectivity index (χ3v) is 7.22. The molecule has 0 aliphatic carbocycles. The maximum absolute atomic E-state index is 12.9. The van der Waals surface area contributed by atoms with Gasteiger partial charge in [-0.1, -0.05) is 73.2 Å². The van der Waals surface area contributed by atoms with Crippen LogP contribution < -0.4 is 5.32 Å². The smallest absolute Gasteiger partial charge is 0.242 e. The summed E-state index contributed by atoms with van der Waals surface area (Å²) in [6, 6.07) is 26.4. The first-order valence-electron chi connectivity index (χ1n) is 13.9. The van der Waals surface area contributed by atoms with Crippen LogP contribution in [0.2, 0.25) is 0 Å². The van der Waals surface area contributed by atoms with Gasteiger partial charge in [-0.3, -0.25) is 9.59 Å². The minimum Gasteiger partial charge on any atom is -0.378 e. The van der Waals surface area contributed by atoms with Crippen molar-refractivity contribution in [2.24, 2.45) is 0 Å². The Kier molecular flexibility index (Phi) is 9.01. The molecule has 5 rings (SSSR count). The number of morpholine rings is 1. The van der Waals surface area contributed by atoms with Crippen LogP contribution in [-0.4, -0.2) is 59.1 Å². The Labute approximate surface area is 229 Å². The minimum absolute atomic E-state index is 0.0471. The van der Waals surface area contributed by atoms with Gasteiger partial charge in [0.15, 0.2) is 0 Å². The quantitative estimate of drug-likeness (QED) is 0.290. The monoisotopic (exact) mass is 524 g/mol. The number of unbranched alkanes of at least 4 members (excludes halogenated alkanes) is 2. The fourth-order valence-electron chi connectivity index (χ4n) is 5.05. The largest absolute Gasteiger partial charge is 0.378 e. The van der Waals surface area contributed by atoms with E-state index in [1.54, 1.807) is 0 Å². The SMILES string of the molecule is O=C(Cc1ccc(-c2ccccc2)cc1)NCCCCCc1nc2ccccc2n1CC(=O)N1CCOCC1. The highest BCUT2D eigenvalue weighted by atomic mass is 16.5. The molecule has 0 radical (unpaired) electrons. The first-order valence-corrected chi connectivity index (χ1v) is 13.9. The molecule has 39 heavy (non-hydrogen) atoms. The second-order valence-electron chi connectivity index (χ2n) is 10.00. The van der Waals surface area contributed by atoms with Gasteiger partial charge in [-0.2, -0.15) is 0 Å². The van der Waals surface area contributed by atoms with Crippen molar-refractivity contribution in [3.05, 3.63) is 90.3 Å². The van der Waals surface area contributed by atoms with Gasteiger partial charge >= 0.3 is 0 Å². The van der Waals surface area contributed by atoms with E-state index in [2.05, 4.69) is 34.1 Å². The summed E-state index contributed by atoms with van der Waals surface area (Å²) in [4.78, 5) is 32.1. The number of nitrogens with one attached hydrogen (secondary N) is 1. The van der Waals surface area contributed by atoms with Crippen LogP contribution in [0.1, 0.15) is 30.7 Å². The topological polar surface area (TPSA) is 76.5 Å². The van der Waals surface area contributed by atoms with Crippen molar-refractivity contribution in [3.8, 4) is 11.1 Å². The fraction of sp³-hybridized carbons (Fsp3) is 0.344. The number of rotatable bonds is 11. The molecule has 1 saturated heterocycles. The van der Waals surface area contributed by atoms with Crippen molar-refractivity contribution in [2.45, 2.75) is 38.6 Å². The first kappa shape index (κ1) is 26.6. The van der Waals surface area contributed by atoms with Crippen LogP contribution in [0.15, 0.2) is 78.9 Å². The minimum atomic E-state index is 0.0471. The number of aromatic nitrogens is 2. The van der Waals surface area contributed by atoms with E-state index in [1.807, 2.05) is 59.5 Å². The van der Waals surface area contributed by atoms with E-state index in [9.17, 15) is 9.59 Å². The predicted molar refractivity (Wildman–Crippen MR) is 153 cm³/mol. The molecule has 0 saturated carbocycles. The van der Waals surface area contributed by atoms with Crippen LogP contribution in [0.4, 0.5) is 0 Å². The molecule has 1 N–H and O–H groups in total. The lowest BCUT2D eigenvalue weighted by atomic mass is 10.0. The van der Waals surface area contributed by atoms with Gasteiger partial charge in [0.05, 0.1) is 30.7 Å². The number of carbonyl (C=O) groups excluding carboxylic acids is 2. The van der Waals surface area contributed by atoms with Crippen molar-refractivity contribution in [1.29, 1.82) is 0 Å². The lowest BCUT2D eigenvalue weighted by Gasteiger charge is -2.27. The molecule has 4 aromatic rings. The van der Waals surface area contributed by atoms with E-state index in [-0.39, 0.29) is 11.8 Å². The lowest BCUT2D eigenvalue weighted by molar-refractivity contribution is -0.135. The summed E-state index contributed by atoms with van der Waals surface area (Å²) in [6.45, 7) is 3.45. The molecule has 1 aliphatic rings. The molecule has 0 bridgehead atoms. The number of carbonyl (C=O) groups is 2. The van der Waals surface area contributed by atoms with Gasteiger partial charge in [0.1, 0.15) is 12.4 Å². The highest BCUT2D eigenvalue weighted by molar-refractivity contribution is 5.81. The maximum Gasteiger partial charge on any atom is 0.242 e. The number of para-hydroxylation sites is 2. The van der Waals surface area contributed by atoms with Crippen molar-refractivity contribution < 1.29 is 14.3 Å². The summed E-state index contributed by atoms with van der Waals surface area (Å²) in [5.74, 6) is 1.10. The molecular weight excluding hydrogens is 488 g/mol. The van der Waals surface area contributed by atoms with Gasteiger partial charge in [-0.05, 0) is 41.7 Å². The molecule has 0 spiro atoms. The van der Waals surface area contributed by atoms with Crippen LogP contribution in [-0.2, 0) is 33.7 Å². The number of imidazole rings is 1. The molecule has 7 heteroatoms. The van der Waals surface area contributed by atoms with Crippen LogP contribution in [0, 0.1) is 0 Å². The molecule has 7 nitrogen and oxygen atoms in total. The summed E-state index contributed by atoms with van der Waals surface area (Å²) in [7, 11) is 0. The van der Waals surface area contributed by atoms with Crippen LogP contribution in [0.25, 0.3) is 22.2 Å². The van der Waals surface area contributed by atoms with Crippen LogP contribution >= 0.6 is 0 Å². The molecule has 0 atom stereocenters. The number of ether oxygens (including phenoxy) is 1. The Balaban J connectivity index is 1.06. The molecule has 1 fully saturated rings. The van der Waals surface area contributed by atoms with Gasteiger partial charge in [0.25, 0.3) is 0 Å². The molecule has 2 amide bonds. The van der Waals surface area contributed by atoms with E-state index in [0.29, 0.717) is 45.8 Å². The average molecular weight is 525 g/mol. The Bertz CT molecular complexity index is 1380. The highest BCUT2D eigenvalue weighted by Gasteiger charge is 2.20. The lowest BCUT2D eigenvalue weighted by Crippen LogP contribution is -2.42. The Morgan fingerprint density at radius 3 is 2.33 bits per heavy atom. The van der Waals surface area contributed by atoms with E-state index >= 15 is 0 Å².